The first-order valence-electron chi connectivity index (χ1n) is 9.54. The van der Waals surface area contributed by atoms with E-state index in [1.165, 1.54) is 25.2 Å². The molecule has 3 heterocycles. The Hall–Kier alpha value is -2.77. The summed E-state index contributed by atoms with van der Waals surface area (Å²) in [4.78, 5) is 39.5. The number of hydrogen-bond donors (Lipinski definition) is 1. The number of fused-ring (bicyclic) bond motifs is 1. The lowest BCUT2D eigenvalue weighted by Gasteiger charge is -2.33. The summed E-state index contributed by atoms with van der Waals surface area (Å²) in [7, 11) is 0. The van der Waals surface area contributed by atoms with Crippen LogP contribution in [-0.2, 0) is 17.8 Å². The molecule has 1 atom stereocenters. The quantitative estimate of drug-likeness (QED) is 0.883. The van der Waals surface area contributed by atoms with Gasteiger partial charge < -0.3 is 14.8 Å². The Morgan fingerprint density at radius 3 is 2.78 bits per heavy atom. The third kappa shape index (κ3) is 3.70. The molecular formula is C19H24N6O2. The molecule has 0 bridgehead atoms. The zero-order valence-electron chi connectivity index (χ0n) is 15.5. The van der Waals surface area contributed by atoms with Crippen LogP contribution in [0.1, 0.15) is 60.7 Å². The van der Waals surface area contributed by atoms with E-state index in [1.54, 1.807) is 11.1 Å². The number of carbonyl (C=O) groups excluding carboxylic acids is 2. The summed E-state index contributed by atoms with van der Waals surface area (Å²) >= 11 is 0. The molecule has 0 spiro atoms. The zero-order chi connectivity index (χ0) is 18.8. The second-order valence-corrected chi connectivity index (χ2v) is 7.27. The van der Waals surface area contributed by atoms with Crippen molar-refractivity contribution in [2.45, 2.75) is 57.7 Å². The number of amides is 2. The molecule has 27 heavy (non-hydrogen) atoms. The lowest BCUT2D eigenvalue weighted by molar-refractivity contribution is -0.121. The summed E-state index contributed by atoms with van der Waals surface area (Å²) in [5, 5.41) is 3.10. The first kappa shape index (κ1) is 17.6. The fourth-order valence-electron chi connectivity index (χ4n) is 3.98. The maximum Gasteiger partial charge on any atom is 0.274 e. The maximum absolute atomic E-state index is 12.7. The molecule has 0 aromatic carbocycles. The Balaban J connectivity index is 1.44. The summed E-state index contributed by atoms with van der Waals surface area (Å²) in [5.41, 5.74) is 1.08. The van der Waals surface area contributed by atoms with Gasteiger partial charge in [0.05, 0.1) is 24.4 Å². The topological polar surface area (TPSA) is 93.0 Å². The first-order chi connectivity index (χ1) is 13.1. The Labute approximate surface area is 158 Å². The van der Waals surface area contributed by atoms with Crippen LogP contribution < -0.4 is 5.32 Å². The van der Waals surface area contributed by atoms with Crippen LogP contribution in [0.2, 0.25) is 0 Å². The van der Waals surface area contributed by atoms with Gasteiger partial charge in [-0.1, -0.05) is 12.8 Å². The van der Waals surface area contributed by atoms with Gasteiger partial charge in [-0.05, 0) is 19.8 Å². The highest BCUT2D eigenvalue weighted by atomic mass is 16.2. The zero-order valence-corrected chi connectivity index (χ0v) is 15.5. The molecule has 142 valence electrons. The highest BCUT2D eigenvalue weighted by molar-refractivity contribution is 5.92. The van der Waals surface area contributed by atoms with Crippen molar-refractivity contribution in [1.82, 2.24) is 29.7 Å². The predicted molar refractivity (Wildman–Crippen MR) is 97.8 cm³/mol. The normalized spacial score (nSPS) is 19.7. The molecule has 2 amide bonds. The Morgan fingerprint density at radius 2 is 2.04 bits per heavy atom. The SMILES string of the molecule is C[C@@H]1c2nc(CC(=O)NC3CCCC3)cn2CCN1C(=O)c1cnccn1. The van der Waals surface area contributed by atoms with Gasteiger partial charge in [0.2, 0.25) is 5.91 Å². The number of carbonyl (C=O) groups is 2. The molecule has 4 rings (SSSR count). The lowest BCUT2D eigenvalue weighted by Crippen LogP contribution is -2.41. The average Bonchev–Trinajstić information content (AvgIpc) is 3.32. The van der Waals surface area contributed by atoms with Crippen molar-refractivity contribution >= 4 is 11.8 Å². The highest BCUT2D eigenvalue weighted by Gasteiger charge is 2.31. The van der Waals surface area contributed by atoms with E-state index in [1.807, 2.05) is 17.7 Å². The van der Waals surface area contributed by atoms with Gasteiger partial charge in [0.25, 0.3) is 5.91 Å². The van der Waals surface area contributed by atoms with Crippen LogP contribution in [0.15, 0.2) is 24.8 Å². The standard InChI is InChI=1S/C19H24N6O2/c1-13-18-23-15(10-17(26)22-14-4-2-3-5-14)12-24(18)8-9-25(13)19(27)16-11-20-6-7-21-16/h6-7,11-14H,2-5,8-10H2,1H3,(H,22,26)/t13-/m1/s1. The molecule has 2 aromatic heterocycles. The smallest absolute Gasteiger partial charge is 0.274 e. The minimum atomic E-state index is -0.181. The largest absolute Gasteiger partial charge is 0.353 e. The number of hydrogen-bond acceptors (Lipinski definition) is 5. The molecule has 8 heteroatoms. The van der Waals surface area contributed by atoms with Gasteiger partial charge in [-0.3, -0.25) is 14.6 Å². The number of nitrogens with one attached hydrogen (secondary N) is 1. The molecular weight excluding hydrogens is 344 g/mol. The third-order valence-electron chi connectivity index (χ3n) is 5.39. The van der Waals surface area contributed by atoms with E-state index in [4.69, 9.17) is 0 Å². The summed E-state index contributed by atoms with van der Waals surface area (Å²) in [6.07, 6.45) is 11.3. The summed E-state index contributed by atoms with van der Waals surface area (Å²) in [6.45, 7) is 3.19. The van der Waals surface area contributed by atoms with Crippen LogP contribution in [0.25, 0.3) is 0 Å². The Bertz CT molecular complexity index is 828. The van der Waals surface area contributed by atoms with Gasteiger partial charge in [0.1, 0.15) is 11.5 Å². The molecule has 0 unspecified atom stereocenters. The monoisotopic (exact) mass is 368 g/mol. The summed E-state index contributed by atoms with van der Waals surface area (Å²) in [6, 6.07) is 0.133. The van der Waals surface area contributed by atoms with Crippen molar-refractivity contribution in [2.75, 3.05) is 6.54 Å². The third-order valence-corrected chi connectivity index (χ3v) is 5.39. The van der Waals surface area contributed by atoms with Crippen molar-refractivity contribution in [3.8, 4) is 0 Å². The van der Waals surface area contributed by atoms with E-state index in [0.717, 1.165) is 24.4 Å². The molecule has 1 fully saturated rings. The fourth-order valence-corrected chi connectivity index (χ4v) is 3.98. The number of aromatic nitrogens is 4. The van der Waals surface area contributed by atoms with Crippen molar-refractivity contribution in [2.24, 2.45) is 0 Å². The molecule has 1 saturated carbocycles. The van der Waals surface area contributed by atoms with Crippen molar-refractivity contribution in [3.05, 3.63) is 42.0 Å². The van der Waals surface area contributed by atoms with Gasteiger partial charge in [-0.25, -0.2) is 9.97 Å². The van der Waals surface area contributed by atoms with E-state index in [2.05, 4.69) is 20.3 Å². The predicted octanol–water partition coefficient (Wildman–Crippen LogP) is 1.49. The summed E-state index contributed by atoms with van der Waals surface area (Å²) < 4.78 is 2.04. The van der Waals surface area contributed by atoms with Crippen LogP contribution in [0.3, 0.4) is 0 Å². The van der Waals surface area contributed by atoms with Crippen LogP contribution >= 0.6 is 0 Å². The molecule has 2 aromatic rings. The fraction of sp³-hybridized carbons (Fsp3) is 0.526. The number of nitrogens with zero attached hydrogens (tertiary/aromatic N) is 5. The molecule has 8 nitrogen and oxygen atoms in total. The highest BCUT2D eigenvalue weighted by Crippen LogP contribution is 2.26. The van der Waals surface area contributed by atoms with Crippen molar-refractivity contribution in [3.63, 3.8) is 0 Å². The first-order valence-corrected chi connectivity index (χ1v) is 9.54. The second kappa shape index (κ2) is 7.46. The minimum Gasteiger partial charge on any atom is -0.353 e. The average molecular weight is 368 g/mol. The lowest BCUT2D eigenvalue weighted by atomic mass is 10.2. The van der Waals surface area contributed by atoms with E-state index in [-0.39, 0.29) is 24.3 Å². The van der Waals surface area contributed by atoms with E-state index < -0.39 is 0 Å². The molecule has 1 aliphatic heterocycles. The maximum atomic E-state index is 12.7. The Morgan fingerprint density at radius 1 is 1.22 bits per heavy atom. The van der Waals surface area contributed by atoms with E-state index in [0.29, 0.717) is 24.8 Å². The minimum absolute atomic E-state index is 0.0255. The Kier molecular flexibility index (Phi) is 4.87. The van der Waals surface area contributed by atoms with Crippen molar-refractivity contribution in [1.29, 1.82) is 0 Å². The van der Waals surface area contributed by atoms with Crippen LogP contribution in [0, 0.1) is 0 Å². The van der Waals surface area contributed by atoms with E-state index in [9.17, 15) is 9.59 Å². The van der Waals surface area contributed by atoms with Gasteiger partial charge in [0.15, 0.2) is 0 Å². The van der Waals surface area contributed by atoms with Gasteiger partial charge >= 0.3 is 0 Å². The molecule has 0 radical (unpaired) electrons. The van der Waals surface area contributed by atoms with Crippen LogP contribution in [-0.4, -0.2) is 48.8 Å². The van der Waals surface area contributed by atoms with Gasteiger partial charge in [-0.2, -0.15) is 0 Å². The molecule has 2 aliphatic rings. The number of imidazole rings is 1. The van der Waals surface area contributed by atoms with Gasteiger partial charge in [0, 0.05) is 37.7 Å². The summed E-state index contributed by atoms with van der Waals surface area (Å²) in [5.74, 6) is 0.685. The van der Waals surface area contributed by atoms with Crippen LogP contribution in [0.4, 0.5) is 0 Å². The second-order valence-electron chi connectivity index (χ2n) is 7.27. The van der Waals surface area contributed by atoms with E-state index >= 15 is 0 Å². The van der Waals surface area contributed by atoms with Gasteiger partial charge in [-0.15, -0.1) is 0 Å². The molecule has 0 saturated heterocycles. The molecule has 1 N–H and O–H groups in total. The number of rotatable bonds is 4. The van der Waals surface area contributed by atoms with Crippen LogP contribution in [0.5, 0.6) is 0 Å². The molecule has 1 aliphatic carbocycles. The van der Waals surface area contributed by atoms with Crippen molar-refractivity contribution < 1.29 is 9.59 Å².